The zero-order valence-electron chi connectivity index (χ0n) is 15.9. The number of halogens is 3. The van der Waals surface area contributed by atoms with Gasteiger partial charge in [-0.1, -0.05) is 6.07 Å². The Hall–Kier alpha value is -3.12. The smallest absolute Gasteiger partial charge is 0.416 e. The molecule has 0 aliphatic carbocycles. The second-order valence-corrected chi connectivity index (χ2v) is 8.28. The molecule has 2 rings (SSSR count). The molecule has 0 heterocycles. The lowest BCUT2D eigenvalue weighted by molar-refractivity contribution is -0.137. The first-order chi connectivity index (χ1) is 13.9. The Morgan fingerprint density at radius 3 is 2.23 bits per heavy atom. The number of ether oxygens (including phenoxy) is 1. The van der Waals surface area contributed by atoms with Gasteiger partial charge < -0.3 is 4.74 Å². The summed E-state index contributed by atoms with van der Waals surface area (Å²) in [4.78, 5) is 23.8. The van der Waals surface area contributed by atoms with Crippen molar-refractivity contribution in [1.29, 1.82) is 0 Å². The van der Waals surface area contributed by atoms with Crippen LogP contribution >= 0.6 is 0 Å². The summed E-state index contributed by atoms with van der Waals surface area (Å²) in [5.74, 6) is -1.51. The molecule has 2 amide bonds. The Labute approximate surface area is 170 Å². The molecule has 0 atom stereocenters. The minimum atomic E-state index is -4.48. The van der Waals surface area contributed by atoms with E-state index in [-0.39, 0.29) is 16.2 Å². The molecule has 2 aromatic carbocycles. The summed E-state index contributed by atoms with van der Waals surface area (Å²) >= 11 is 0. The van der Waals surface area contributed by atoms with Crippen LogP contribution in [0.5, 0.6) is 5.75 Å². The molecule has 8 nitrogen and oxygen atoms in total. The van der Waals surface area contributed by atoms with Gasteiger partial charge in [0.2, 0.25) is 10.0 Å². The largest absolute Gasteiger partial charge is 0.484 e. The number of hydrogen-bond acceptors (Lipinski definition) is 5. The number of carbonyl (C=O) groups is 2. The van der Waals surface area contributed by atoms with Crippen LogP contribution in [0.3, 0.4) is 0 Å². The first kappa shape index (κ1) is 23.2. The predicted octanol–water partition coefficient (Wildman–Crippen LogP) is 1.80. The molecule has 0 spiro atoms. The van der Waals surface area contributed by atoms with E-state index in [1.807, 2.05) is 0 Å². The fourth-order valence-corrected chi connectivity index (χ4v) is 3.08. The molecule has 0 aromatic heterocycles. The number of carbonyl (C=O) groups excluding carboxylic acids is 2. The van der Waals surface area contributed by atoms with Gasteiger partial charge in [0.1, 0.15) is 5.75 Å². The molecule has 12 heteroatoms. The van der Waals surface area contributed by atoms with Crippen molar-refractivity contribution in [2.45, 2.75) is 11.1 Å². The van der Waals surface area contributed by atoms with Crippen molar-refractivity contribution in [3.63, 3.8) is 0 Å². The lowest BCUT2D eigenvalue weighted by Crippen LogP contribution is -2.43. The third-order valence-electron chi connectivity index (χ3n) is 3.74. The maximum Gasteiger partial charge on any atom is 0.416 e. The van der Waals surface area contributed by atoms with Gasteiger partial charge in [0.15, 0.2) is 6.61 Å². The van der Waals surface area contributed by atoms with Crippen LogP contribution in [0.4, 0.5) is 13.2 Å². The third-order valence-corrected chi connectivity index (χ3v) is 5.55. The number of alkyl halides is 3. The molecule has 30 heavy (non-hydrogen) atoms. The minimum Gasteiger partial charge on any atom is -0.484 e. The maximum absolute atomic E-state index is 12.5. The van der Waals surface area contributed by atoms with Crippen LogP contribution in [0.1, 0.15) is 15.9 Å². The Bertz CT molecular complexity index is 1020. The van der Waals surface area contributed by atoms with E-state index in [0.29, 0.717) is 0 Å². The molecule has 0 saturated carbocycles. The predicted molar refractivity (Wildman–Crippen MR) is 99.9 cm³/mol. The van der Waals surface area contributed by atoms with Crippen LogP contribution in [0, 0.1) is 0 Å². The van der Waals surface area contributed by atoms with Crippen molar-refractivity contribution >= 4 is 21.8 Å². The van der Waals surface area contributed by atoms with Gasteiger partial charge in [-0.2, -0.15) is 13.2 Å². The summed E-state index contributed by atoms with van der Waals surface area (Å²) in [5.41, 5.74) is 3.29. The minimum absolute atomic E-state index is 0.0121. The zero-order valence-corrected chi connectivity index (χ0v) is 16.7. The molecule has 0 unspecified atom stereocenters. The highest BCUT2D eigenvalue weighted by Crippen LogP contribution is 2.30. The number of sulfonamides is 1. The summed E-state index contributed by atoms with van der Waals surface area (Å²) < 4.78 is 67.8. The number of nitrogens with zero attached hydrogens (tertiary/aromatic N) is 1. The summed E-state index contributed by atoms with van der Waals surface area (Å²) in [5, 5.41) is 0. The van der Waals surface area contributed by atoms with Gasteiger partial charge in [0.25, 0.3) is 11.8 Å². The van der Waals surface area contributed by atoms with Crippen LogP contribution in [0.2, 0.25) is 0 Å². The highest BCUT2D eigenvalue weighted by atomic mass is 32.2. The number of benzene rings is 2. The van der Waals surface area contributed by atoms with Gasteiger partial charge in [-0.25, -0.2) is 12.7 Å². The lowest BCUT2D eigenvalue weighted by Gasteiger charge is -2.13. The van der Waals surface area contributed by atoms with Gasteiger partial charge in [-0.3, -0.25) is 20.4 Å². The van der Waals surface area contributed by atoms with E-state index >= 15 is 0 Å². The molecule has 2 aromatic rings. The zero-order chi connectivity index (χ0) is 22.5. The summed E-state index contributed by atoms with van der Waals surface area (Å²) in [6.07, 6.45) is -4.48. The summed E-state index contributed by atoms with van der Waals surface area (Å²) in [7, 11) is -1.05. The van der Waals surface area contributed by atoms with Gasteiger partial charge in [-0.15, -0.1) is 0 Å². The number of hydrazine groups is 1. The topological polar surface area (TPSA) is 105 Å². The van der Waals surface area contributed by atoms with Gasteiger partial charge in [0.05, 0.1) is 10.5 Å². The fraction of sp³-hybridized carbons (Fsp3) is 0.222. The number of amides is 2. The summed E-state index contributed by atoms with van der Waals surface area (Å²) in [6, 6.07) is 8.94. The molecule has 0 fully saturated rings. The highest BCUT2D eigenvalue weighted by Gasteiger charge is 2.30. The first-order valence-electron chi connectivity index (χ1n) is 8.33. The Balaban J connectivity index is 1.90. The molecule has 0 aliphatic rings. The number of nitrogens with one attached hydrogen (secondary N) is 2. The first-order valence-corrected chi connectivity index (χ1v) is 9.77. The average Bonchev–Trinajstić information content (AvgIpc) is 2.70. The number of hydrogen-bond donors (Lipinski definition) is 2. The van der Waals surface area contributed by atoms with Crippen molar-refractivity contribution in [2.75, 3.05) is 20.7 Å². The third kappa shape index (κ3) is 5.94. The van der Waals surface area contributed by atoms with E-state index in [1.54, 1.807) is 0 Å². The highest BCUT2D eigenvalue weighted by molar-refractivity contribution is 7.89. The summed E-state index contributed by atoms with van der Waals surface area (Å²) in [6.45, 7) is -0.569. The van der Waals surface area contributed by atoms with Crippen molar-refractivity contribution in [2.24, 2.45) is 0 Å². The quantitative estimate of drug-likeness (QED) is 0.660. The average molecular weight is 445 g/mol. The Kier molecular flexibility index (Phi) is 7.05. The van der Waals surface area contributed by atoms with Crippen LogP contribution in [0.15, 0.2) is 53.4 Å². The standard InChI is InChI=1S/C18H18F3N3O5S/c1-24(2)30(27,28)15-5-3-4-12(10-15)17(26)23-22-16(25)11-29-14-8-6-13(7-9-14)18(19,20)21/h3-10H,11H2,1-2H3,(H,22,25)(H,23,26). The lowest BCUT2D eigenvalue weighted by atomic mass is 10.2. The van der Waals surface area contributed by atoms with Crippen LogP contribution < -0.4 is 15.6 Å². The van der Waals surface area contributed by atoms with Gasteiger partial charge >= 0.3 is 6.18 Å². The molecule has 162 valence electrons. The van der Waals surface area contributed by atoms with Crippen LogP contribution in [-0.2, 0) is 21.0 Å². The molecular formula is C18H18F3N3O5S. The van der Waals surface area contributed by atoms with Crippen molar-refractivity contribution in [1.82, 2.24) is 15.2 Å². The second-order valence-electron chi connectivity index (χ2n) is 6.13. The fourth-order valence-electron chi connectivity index (χ4n) is 2.13. The van der Waals surface area contributed by atoms with E-state index in [0.717, 1.165) is 34.6 Å². The van der Waals surface area contributed by atoms with Crippen LogP contribution in [0.25, 0.3) is 0 Å². The van der Waals surface area contributed by atoms with Crippen molar-refractivity contribution < 1.29 is 35.9 Å². The van der Waals surface area contributed by atoms with E-state index in [2.05, 4.69) is 10.9 Å². The molecular weight excluding hydrogens is 427 g/mol. The monoisotopic (exact) mass is 445 g/mol. The van der Waals surface area contributed by atoms with Gasteiger partial charge in [0, 0.05) is 19.7 Å². The van der Waals surface area contributed by atoms with E-state index in [1.165, 1.54) is 32.3 Å². The van der Waals surface area contributed by atoms with Crippen molar-refractivity contribution in [3.05, 3.63) is 59.7 Å². The molecule has 0 saturated heterocycles. The Morgan fingerprint density at radius 1 is 1.03 bits per heavy atom. The Morgan fingerprint density at radius 2 is 1.67 bits per heavy atom. The molecule has 0 bridgehead atoms. The van der Waals surface area contributed by atoms with E-state index in [9.17, 15) is 31.2 Å². The molecule has 0 aliphatic heterocycles. The second kappa shape index (κ2) is 9.13. The maximum atomic E-state index is 12.5. The van der Waals surface area contributed by atoms with E-state index in [4.69, 9.17) is 4.74 Å². The van der Waals surface area contributed by atoms with E-state index < -0.39 is 40.2 Å². The van der Waals surface area contributed by atoms with Crippen LogP contribution in [-0.4, -0.2) is 45.2 Å². The molecule has 2 N–H and O–H groups in total. The number of rotatable bonds is 6. The molecule has 0 radical (unpaired) electrons. The van der Waals surface area contributed by atoms with Crippen molar-refractivity contribution in [3.8, 4) is 5.75 Å². The van der Waals surface area contributed by atoms with Gasteiger partial charge in [-0.05, 0) is 42.5 Å². The SMILES string of the molecule is CN(C)S(=O)(=O)c1cccc(C(=O)NNC(=O)COc2ccc(C(F)(F)F)cc2)c1. The normalized spacial score (nSPS) is 11.8.